The van der Waals surface area contributed by atoms with Crippen molar-refractivity contribution >= 4 is 47.0 Å². The van der Waals surface area contributed by atoms with Gasteiger partial charge >= 0.3 is 0 Å². The lowest BCUT2D eigenvalue weighted by Gasteiger charge is -2.07. The van der Waals surface area contributed by atoms with E-state index in [2.05, 4.69) is 20.9 Å². The first-order valence-corrected chi connectivity index (χ1v) is 12.3. The molecule has 150 valence electrons. The van der Waals surface area contributed by atoms with Gasteiger partial charge in [-0.05, 0) is 36.4 Å². The molecule has 0 unspecified atom stereocenters. The smallest absolute Gasteiger partial charge is 0.177 e. The number of sulfone groups is 2. The van der Waals surface area contributed by atoms with Gasteiger partial charge in [-0.1, -0.05) is 15.9 Å². The molecule has 0 saturated carbocycles. The first kappa shape index (κ1) is 21.9. The molecule has 11 heteroatoms. The average molecular weight is 487 g/mol. The van der Waals surface area contributed by atoms with E-state index in [1.54, 1.807) is 47.6 Å². The van der Waals surface area contributed by atoms with Gasteiger partial charge < -0.3 is 16.0 Å². The van der Waals surface area contributed by atoms with Crippen LogP contribution in [0.5, 0.6) is 0 Å². The summed E-state index contributed by atoms with van der Waals surface area (Å²) in [4.78, 5) is 4.22. The topological polar surface area (TPSA) is 138 Å². The molecular weight excluding hydrogens is 468 g/mol. The van der Waals surface area contributed by atoms with E-state index >= 15 is 0 Å². The molecule has 0 atom stereocenters. The minimum atomic E-state index is -3.27. The van der Waals surface area contributed by atoms with Crippen LogP contribution in [0.25, 0.3) is 5.69 Å². The number of hydrogen-bond donors (Lipinski definition) is 2. The van der Waals surface area contributed by atoms with Crippen molar-refractivity contribution in [3.05, 3.63) is 59.6 Å². The summed E-state index contributed by atoms with van der Waals surface area (Å²) >= 11 is 3.19. The highest BCUT2D eigenvalue weighted by molar-refractivity contribution is 9.10. The number of nitrogen functional groups attached to an aromatic ring is 2. The molecule has 3 aromatic rings. The predicted octanol–water partition coefficient (Wildman–Crippen LogP) is 2.29. The van der Waals surface area contributed by atoms with Crippen LogP contribution in [0.2, 0.25) is 0 Å². The second-order valence-electron chi connectivity index (χ2n) is 5.92. The van der Waals surface area contributed by atoms with Gasteiger partial charge in [-0.15, -0.1) is 0 Å². The Kier molecular flexibility index (Phi) is 6.52. The number of halogens is 1. The number of nitrogens with two attached hydrogens (primary N) is 2. The average Bonchev–Trinajstić information content (AvgIpc) is 3.07. The van der Waals surface area contributed by atoms with Crippen LogP contribution < -0.4 is 11.5 Å². The number of hydrogen-bond acceptors (Lipinski definition) is 7. The van der Waals surface area contributed by atoms with E-state index in [4.69, 9.17) is 11.5 Å². The summed E-state index contributed by atoms with van der Waals surface area (Å²) in [5, 5.41) is 0. The predicted molar refractivity (Wildman–Crippen MR) is 113 cm³/mol. The van der Waals surface area contributed by atoms with Crippen molar-refractivity contribution in [3.8, 4) is 5.69 Å². The summed E-state index contributed by atoms with van der Waals surface area (Å²) in [5.74, 6) is 0. The highest BCUT2D eigenvalue weighted by atomic mass is 79.9. The number of aromatic nitrogens is 2. The van der Waals surface area contributed by atoms with Crippen LogP contribution in [-0.2, 0) is 19.7 Å². The Bertz CT molecular complexity index is 1190. The van der Waals surface area contributed by atoms with Crippen LogP contribution in [0, 0.1) is 0 Å². The maximum absolute atomic E-state index is 11.4. The van der Waals surface area contributed by atoms with Crippen molar-refractivity contribution in [2.75, 3.05) is 24.0 Å². The van der Waals surface area contributed by atoms with Gasteiger partial charge in [0, 0.05) is 35.1 Å². The van der Waals surface area contributed by atoms with Gasteiger partial charge in [-0.2, -0.15) is 0 Å². The number of benzene rings is 2. The van der Waals surface area contributed by atoms with Crippen molar-refractivity contribution < 1.29 is 16.8 Å². The highest BCUT2D eigenvalue weighted by Crippen LogP contribution is 2.22. The molecule has 0 aliphatic carbocycles. The fraction of sp³-hybridized carbons (Fsp3) is 0.118. The molecular formula is C17H19BrN4O4S2. The monoisotopic (exact) mass is 486 g/mol. The van der Waals surface area contributed by atoms with Gasteiger partial charge in [-0.25, -0.2) is 21.8 Å². The van der Waals surface area contributed by atoms with Crippen molar-refractivity contribution in [2.24, 2.45) is 0 Å². The normalized spacial score (nSPS) is 11.5. The third-order valence-corrected chi connectivity index (χ3v) is 6.40. The Morgan fingerprint density at radius 2 is 1.43 bits per heavy atom. The molecule has 0 radical (unpaired) electrons. The number of anilines is 2. The molecule has 0 fully saturated rings. The molecule has 0 aliphatic rings. The zero-order valence-electron chi connectivity index (χ0n) is 15.1. The van der Waals surface area contributed by atoms with Gasteiger partial charge in [-0.3, -0.25) is 0 Å². The van der Waals surface area contributed by atoms with E-state index < -0.39 is 19.7 Å². The Balaban J connectivity index is 0.000000209. The third kappa shape index (κ3) is 5.57. The molecule has 28 heavy (non-hydrogen) atoms. The largest absolute Gasteiger partial charge is 0.398 e. The van der Waals surface area contributed by atoms with Gasteiger partial charge in [0.15, 0.2) is 19.7 Å². The van der Waals surface area contributed by atoms with E-state index in [1.165, 1.54) is 12.1 Å². The first-order valence-electron chi connectivity index (χ1n) is 7.72. The summed E-state index contributed by atoms with van der Waals surface area (Å²) < 4.78 is 47.4. The third-order valence-electron chi connectivity index (χ3n) is 3.57. The number of nitrogens with zero attached hydrogens (tertiary/aromatic N) is 2. The molecule has 3 rings (SSSR count). The molecule has 0 aliphatic heterocycles. The van der Waals surface area contributed by atoms with Gasteiger partial charge in [0.25, 0.3) is 0 Å². The van der Waals surface area contributed by atoms with Gasteiger partial charge in [0.05, 0.1) is 27.5 Å². The Morgan fingerprint density at radius 1 is 0.893 bits per heavy atom. The van der Waals surface area contributed by atoms with Gasteiger partial charge in [0.2, 0.25) is 0 Å². The molecule has 0 bridgehead atoms. The van der Waals surface area contributed by atoms with Crippen LogP contribution >= 0.6 is 15.9 Å². The second kappa shape index (κ2) is 8.33. The minimum absolute atomic E-state index is 0.149. The zero-order valence-corrected chi connectivity index (χ0v) is 18.3. The molecule has 0 spiro atoms. The SMILES string of the molecule is CS(=O)(=O)c1ccc(-n2ccnc2)cc1N.CS(=O)(=O)c1ccc(Br)cc1N. The van der Waals surface area contributed by atoms with Gasteiger partial charge in [0.1, 0.15) is 0 Å². The van der Waals surface area contributed by atoms with Crippen LogP contribution in [0.1, 0.15) is 0 Å². The molecule has 0 amide bonds. The van der Waals surface area contributed by atoms with Crippen LogP contribution in [-0.4, -0.2) is 38.9 Å². The summed E-state index contributed by atoms with van der Waals surface area (Å²) in [7, 11) is -6.47. The van der Waals surface area contributed by atoms with Crippen LogP contribution in [0.15, 0.2) is 69.4 Å². The number of imidazole rings is 1. The lowest BCUT2D eigenvalue weighted by atomic mass is 10.3. The lowest BCUT2D eigenvalue weighted by Crippen LogP contribution is -2.03. The molecule has 4 N–H and O–H groups in total. The van der Waals surface area contributed by atoms with Crippen LogP contribution in [0.4, 0.5) is 11.4 Å². The first-order chi connectivity index (χ1) is 12.9. The van der Waals surface area contributed by atoms with E-state index in [0.29, 0.717) is 0 Å². The fourth-order valence-corrected chi connectivity index (χ4v) is 4.29. The van der Waals surface area contributed by atoms with Crippen molar-refractivity contribution in [2.45, 2.75) is 9.79 Å². The highest BCUT2D eigenvalue weighted by Gasteiger charge is 2.12. The quantitative estimate of drug-likeness (QED) is 0.541. The standard InChI is InChI=1S/C10H11N3O2S.C7H8BrNO2S/c1-16(14,15)10-3-2-8(6-9(10)11)13-5-4-12-7-13;1-12(10,11)7-3-2-5(8)4-6(7)9/h2-7H,11H2,1H3;2-4H,9H2,1H3. The molecule has 0 saturated heterocycles. The Hall–Kier alpha value is -2.37. The summed E-state index contributed by atoms with van der Waals surface area (Å²) in [6, 6.07) is 9.49. The second-order valence-corrected chi connectivity index (χ2v) is 10.8. The minimum Gasteiger partial charge on any atom is -0.398 e. The van der Waals surface area contributed by atoms with Crippen molar-refractivity contribution in [1.29, 1.82) is 0 Å². The Morgan fingerprint density at radius 3 is 1.86 bits per heavy atom. The van der Waals surface area contributed by atoms with E-state index in [1.807, 2.05) is 0 Å². The summed E-state index contributed by atoms with van der Waals surface area (Å²) in [6.07, 6.45) is 7.28. The van der Waals surface area contributed by atoms with E-state index in [-0.39, 0.29) is 21.2 Å². The fourth-order valence-electron chi connectivity index (χ4n) is 2.30. The molecule has 1 heterocycles. The maximum atomic E-state index is 11.4. The molecule has 8 nitrogen and oxygen atoms in total. The van der Waals surface area contributed by atoms with Crippen molar-refractivity contribution in [3.63, 3.8) is 0 Å². The summed E-state index contributed by atoms with van der Waals surface area (Å²) in [6.45, 7) is 0. The number of rotatable bonds is 3. The van der Waals surface area contributed by atoms with E-state index in [9.17, 15) is 16.8 Å². The van der Waals surface area contributed by atoms with Crippen molar-refractivity contribution in [1.82, 2.24) is 9.55 Å². The van der Waals surface area contributed by atoms with E-state index in [0.717, 1.165) is 22.7 Å². The van der Waals surface area contributed by atoms with Crippen LogP contribution in [0.3, 0.4) is 0 Å². The molecule has 2 aromatic carbocycles. The zero-order chi connectivity index (χ0) is 21.1. The maximum Gasteiger partial charge on any atom is 0.177 e. The summed E-state index contributed by atoms with van der Waals surface area (Å²) in [5.41, 5.74) is 12.5. The molecule has 1 aromatic heterocycles. The lowest BCUT2D eigenvalue weighted by molar-refractivity contribution is 0.600. The Labute approximate surface area is 172 Å².